The van der Waals surface area contributed by atoms with Crippen LogP contribution in [0, 0.1) is 11.8 Å². The zero-order valence-corrected chi connectivity index (χ0v) is 11.2. The number of hydrogen-bond donors (Lipinski definition) is 1. The number of carbonyl (C=O) groups is 1. The monoisotopic (exact) mass is 269 g/mol. The molecule has 0 saturated heterocycles. The van der Waals surface area contributed by atoms with Crippen molar-refractivity contribution in [3.05, 3.63) is 59.5 Å². The Morgan fingerprint density at radius 3 is 2.80 bits per heavy atom. The van der Waals surface area contributed by atoms with Gasteiger partial charge in [-0.1, -0.05) is 30.0 Å². The van der Waals surface area contributed by atoms with Crippen LogP contribution in [0.4, 0.5) is 0 Å². The fourth-order valence-electron chi connectivity index (χ4n) is 1.83. The average molecular weight is 269 g/mol. The first kappa shape index (κ1) is 13.9. The summed E-state index contributed by atoms with van der Waals surface area (Å²) in [7, 11) is 1.71. The number of aliphatic hydroxyl groups is 1. The van der Waals surface area contributed by atoms with E-state index in [2.05, 4.69) is 11.8 Å². The molecule has 0 fully saturated rings. The van der Waals surface area contributed by atoms with Crippen LogP contribution in [-0.2, 0) is 6.54 Å². The summed E-state index contributed by atoms with van der Waals surface area (Å²) >= 11 is 0. The molecule has 0 aliphatic carbocycles. The van der Waals surface area contributed by atoms with Crippen molar-refractivity contribution in [2.45, 2.75) is 6.54 Å². The number of hydrogen-bond acceptors (Lipinski definition) is 3. The van der Waals surface area contributed by atoms with E-state index in [9.17, 15) is 4.79 Å². The molecule has 1 aromatic carbocycles. The van der Waals surface area contributed by atoms with Crippen molar-refractivity contribution >= 4 is 5.91 Å². The van der Waals surface area contributed by atoms with Crippen LogP contribution in [0.2, 0.25) is 0 Å². The number of aliphatic hydroxyl groups excluding tert-OH is 1. The highest BCUT2D eigenvalue weighted by Gasteiger charge is 2.15. The van der Waals surface area contributed by atoms with Crippen molar-refractivity contribution in [2.75, 3.05) is 13.7 Å². The van der Waals surface area contributed by atoms with E-state index >= 15 is 0 Å². The molecule has 1 aromatic heterocycles. The van der Waals surface area contributed by atoms with Crippen molar-refractivity contribution in [3.8, 4) is 11.8 Å². The Balaban J connectivity index is 2.15. The maximum atomic E-state index is 12.1. The maximum absolute atomic E-state index is 12.1. The molecular weight excluding hydrogens is 254 g/mol. The molecule has 1 N–H and O–H groups in total. The largest absolute Gasteiger partial charge is 0.459 e. The van der Waals surface area contributed by atoms with Gasteiger partial charge < -0.3 is 14.4 Å². The lowest BCUT2D eigenvalue weighted by atomic mass is 10.1. The van der Waals surface area contributed by atoms with Gasteiger partial charge in [-0.05, 0) is 23.8 Å². The summed E-state index contributed by atoms with van der Waals surface area (Å²) in [5.74, 6) is 5.63. The molecule has 0 atom stereocenters. The van der Waals surface area contributed by atoms with E-state index in [1.165, 1.54) is 6.26 Å². The van der Waals surface area contributed by atoms with Crippen molar-refractivity contribution < 1.29 is 14.3 Å². The summed E-state index contributed by atoms with van der Waals surface area (Å²) in [4.78, 5) is 13.7. The summed E-state index contributed by atoms with van der Waals surface area (Å²) in [6.07, 6.45) is 1.47. The van der Waals surface area contributed by atoms with Crippen LogP contribution >= 0.6 is 0 Å². The lowest BCUT2D eigenvalue weighted by Gasteiger charge is -2.16. The van der Waals surface area contributed by atoms with Gasteiger partial charge in [-0.15, -0.1) is 0 Å². The summed E-state index contributed by atoms with van der Waals surface area (Å²) < 4.78 is 5.10. The van der Waals surface area contributed by atoms with Crippen molar-refractivity contribution in [1.29, 1.82) is 0 Å². The third kappa shape index (κ3) is 3.28. The van der Waals surface area contributed by atoms with E-state index < -0.39 is 0 Å². The minimum Gasteiger partial charge on any atom is -0.459 e. The highest BCUT2D eigenvalue weighted by atomic mass is 16.3. The molecule has 1 heterocycles. The second-order valence-corrected chi connectivity index (χ2v) is 4.26. The van der Waals surface area contributed by atoms with Gasteiger partial charge in [0.25, 0.3) is 5.91 Å². The molecule has 0 aliphatic rings. The van der Waals surface area contributed by atoms with Crippen LogP contribution in [0.25, 0.3) is 0 Å². The Kier molecular flexibility index (Phi) is 4.59. The molecule has 20 heavy (non-hydrogen) atoms. The zero-order chi connectivity index (χ0) is 14.4. The zero-order valence-electron chi connectivity index (χ0n) is 11.2. The summed E-state index contributed by atoms with van der Waals surface area (Å²) in [6, 6.07) is 10.9. The van der Waals surface area contributed by atoms with Gasteiger partial charge in [-0.3, -0.25) is 4.79 Å². The third-order valence-electron chi connectivity index (χ3n) is 2.81. The molecule has 0 spiro atoms. The SMILES string of the molecule is CN(Cc1ccccc1C#CCO)C(=O)c1ccco1. The number of nitrogens with zero attached hydrogens (tertiary/aromatic N) is 1. The number of rotatable bonds is 3. The van der Waals surface area contributed by atoms with Crippen molar-refractivity contribution in [3.63, 3.8) is 0 Å². The number of carbonyl (C=O) groups excluding carboxylic acids is 1. The first-order valence-corrected chi connectivity index (χ1v) is 6.19. The average Bonchev–Trinajstić information content (AvgIpc) is 2.99. The van der Waals surface area contributed by atoms with Gasteiger partial charge in [0, 0.05) is 19.2 Å². The van der Waals surface area contributed by atoms with E-state index in [1.54, 1.807) is 24.1 Å². The fraction of sp³-hybridized carbons (Fsp3) is 0.188. The second-order valence-electron chi connectivity index (χ2n) is 4.26. The minimum absolute atomic E-state index is 0.181. The smallest absolute Gasteiger partial charge is 0.289 e. The van der Waals surface area contributed by atoms with Crippen LogP contribution in [0.15, 0.2) is 47.1 Å². The Morgan fingerprint density at radius 2 is 2.10 bits per heavy atom. The van der Waals surface area contributed by atoms with Gasteiger partial charge in [-0.2, -0.15) is 0 Å². The molecule has 4 heteroatoms. The molecule has 2 aromatic rings. The highest BCUT2D eigenvalue weighted by Crippen LogP contribution is 2.12. The van der Waals surface area contributed by atoms with Gasteiger partial charge in [0.15, 0.2) is 5.76 Å². The van der Waals surface area contributed by atoms with E-state index in [0.29, 0.717) is 12.3 Å². The second kappa shape index (κ2) is 6.60. The van der Waals surface area contributed by atoms with Crippen LogP contribution in [0.5, 0.6) is 0 Å². The normalized spacial score (nSPS) is 9.70. The van der Waals surface area contributed by atoms with Crippen molar-refractivity contribution in [2.24, 2.45) is 0 Å². The predicted octanol–water partition coefficient (Wildman–Crippen LogP) is 1.90. The molecule has 4 nitrogen and oxygen atoms in total. The molecule has 0 radical (unpaired) electrons. The standard InChI is InChI=1S/C16H15NO3/c1-17(16(19)15-9-5-11-20-15)12-14-7-3-2-6-13(14)8-4-10-18/h2-3,5-7,9,11,18H,10,12H2,1H3. The van der Waals surface area contributed by atoms with Gasteiger partial charge in [0.2, 0.25) is 0 Å². The molecule has 102 valence electrons. The number of furan rings is 1. The third-order valence-corrected chi connectivity index (χ3v) is 2.81. The van der Waals surface area contributed by atoms with Gasteiger partial charge in [0.05, 0.1) is 6.26 Å². The predicted molar refractivity (Wildman–Crippen MR) is 74.9 cm³/mol. The Bertz CT molecular complexity index is 635. The molecule has 0 aliphatic heterocycles. The molecule has 0 saturated carbocycles. The first-order valence-electron chi connectivity index (χ1n) is 6.19. The van der Waals surface area contributed by atoms with E-state index in [0.717, 1.165) is 11.1 Å². The van der Waals surface area contributed by atoms with Crippen LogP contribution < -0.4 is 0 Å². The van der Waals surface area contributed by atoms with Crippen molar-refractivity contribution in [1.82, 2.24) is 4.90 Å². The van der Waals surface area contributed by atoms with Gasteiger partial charge in [-0.25, -0.2) is 0 Å². The number of amides is 1. The molecule has 2 rings (SSSR count). The maximum Gasteiger partial charge on any atom is 0.289 e. The Morgan fingerprint density at radius 1 is 1.30 bits per heavy atom. The first-order chi connectivity index (χ1) is 9.72. The van der Waals surface area contributed by atoms with E-state index in [1.807, 2.05) is 24.3 Å². The molecular formula is C16H15NO3. The van der Waals surface area contributed by atoms with E-state index in [4.69, 9.17) is 9.52 Å². The van der Waals surface area contributed by atoms with Gasteiger partial charge in [0.1, 0.15) is 6.61 Å². The lowest BCUT2D eigenvalue weighted by molar-refractivity contribution is 0.0753. The molecule has 0 unspecified atom stereocenters. The minimum atomic E-state index is -0.185. The summed E-state index contributed by atoms with van der Waals surface area (Å²) in [5, 5.41) is 8.76. The Labute approximate surface area is 117 Å². The Hall–Kier alpha value is -2.51. The number of benzene rings is 1. The molecule has 1 amide bonds. The highest BCUT2D eigenvalue weighted by molar-refractivity contribution is 5.91. The fourth-order valence-corrected chi connectivity index (χ4v) is 1.83. The molecule has 0 bridgehead atoms. The lowest BCUT2D eigenvalue weighted by Crippen LogP contribution is -2.26. The quantitative estimate of drug-likeness (QED) is 0.866. The summed E-state index contributed by atoms with van der Waals surface area (Å²) in [6.45, 7) is 0.241. The van der Waals surface area contributed by atoms with Gasteiger partial charge >= 0.3 is 0 Å². The summed E-state index contributed by atoms with van der Waals surface area (Å²) in [5.41, 5.74) is 1.73. The van der Waals surface area contributed by atoms with Crippen LogP contribution in [0.3, 0.4) is 0 Å². The topological polar surface area (TPSA) is 53.7 Å². The van der Waals surface area contributed by atoms with E-state index in [-0.39, 0.29) is 12.5 Å². The van der Waals surface area contributed by atoms with Crippen LogP contribution in [-0.4, -0.2) is 29.6 Å². The van der Waals surface area contributed by atoms with Crippen LogP contribution in [0.1, 0.15) is 21.7 Å².